The largest absolute Gasteiger partial charge is 0.497 e. The standard InChI is InChI=1S/C26H33N5O4/c1-19-4-3-5-20(16-19)28-24(32)17-23-26(34)27-10-11-31(23)25(33)18-29-12-14-30(15-13-29)21-6-8-22(35-2)9-7-21/h3-9,16,23H,10-15,17-18H2,1-2H3,(H,27,34)(H,28,32)/t23-/m0/s1. The van der Waals surface area contributed by atoms with Gasteiger partial charge in [0.2, 0.25) is 17.7 Å². The number of carbonyl (C=O) groups is 3. The third-order valence-corrected chi connectivity index (χ3v) is 6.50. The summed E-state index contributed by atoms with van der Waals surface area (Å²) in [6, 6.07) is 14.7. The number of anilines is 2. The summed E-state index contributed by atoms with van der Waals surface area (Å²) in [6.07, 6.45) is -0.0727. The van der Waals surface area contributed by atoms with E-state index in [2.05, 4.69) is 20.4 Å². The first-order valence-corrected chi connectivity index (χ1v) is 12.0. The van der Waals surface area contributed by atoms with Crippen LogP contribution in [-0.4, -0.2) is 86.5 Å². The number of piperazine rings is 2. The molecule has 0 aliphatic carbocycles. The van der Waals surface area contributed by atoms with Crippen molar-refractivity contribution in [3.05, 3.63) is 54.1 Å². The molecule has 2 heterocycles. The highest BCUT2D eigenvalue weighted by Crippen LogP contribution is 2.21. The molecule has 2 aliphatic heterocycles. The molecule has 0 saturated carbocycles. The number of nitrogens with one attached hydrogen (secondary N) is 2. The van der Waals surface area contributed by atoms with Crippen molar-refractivity contribution in [2.45, 2.75) is 19.4 Å². The lowest BCUT2D eigenvalue weighted by atomic mass is 10.1. The van der Waals surface area contributed by atoms with E-state index in [1.165, 1.54) is 0 Å². The highest BCUT2D eigenvalue weighted by Gasteiger charge is 2.35. The molecule has 0 aromatic heterocycles. The Bertz CT molecular complexity index is 1050. The Hall–Kier alpha value is -3.59. The van der Waals surface area contributed by atoms with E-state index in [1.807, 2.05) is 49.4 Å². The fourth-order valence-corrected chi connectivity index (χ4v) is 4.57. The van der Waals surface area contributed by atoms with Crippen molar-refractivity contribution in [2.75, 3.05) is 63.1 Å². The molecule has 9 nitrogen and oxygen atoms in total. The van der Waals surface area contributed by atoms with E-state index in [-0.39, 0.29) is 30.7 Å². The first-order chi connectivity index (χ1) is 16.9. The maximum absolute atomic E-state index is 13.2. The first-order valence-electron chi connectivity index (χ1n) is 12.0. The summed E-state index contributed by atoms with van der Waals surface area (Å²) in [7, 11) is 1.65. The predicted molar refractivity (Wildman–Crippen MR) is 135 cm³/mol. The summed E-state index contributed by atoms with van der Waals surface area (Å²) in [4.78, 5) is 44.4. The smallest absolute Gasteiger partial charge is 0.243 e. The van der Waals surface area contributed by atoms with Crippen LogP contribution in [0.5, 0.6) is 5.75 Å². The van der Waals surface area contributed by atoms with Crippen LogP contribution >= 0.6 is 0 Å². The van der Waals surface area contributed by atoms with Gasteiger partial charge in [-0.1, -0.05) is 12.1 Å². The number of nitrogens with zero attached hydrogens (tertiary/aromatic N) is 3. The predicted octanol–water partition coefficient (Wildman–Crippen LogP) is 1.48. The lowest BCUT2D eigenvalue weighted by molar-refractivity contribution is -0.145. The number of benzene rings is 2. The number of hydrogen-bond donors (Lipinski definition) is 2. The Kier molecular flexibility index (Phi) is 7.87. The van der Waals surface area contributed by atoms with Crippen molar-refractivity contribution in [2.24, 2.45) is 0 Å². The minimum atomic E-state index is -0.804. The molecule has 9 heteroatoms. The minimum Gasteiger partial charge on any atom is -0.497 e. The zero-order valence-corrected chi connectivity index (χ0v) is 20.3. The molecular weight excluding hydrogens is 446 g/mol. The molecular formula is C26H33N5O4. The van der Waals surface area contributed by atoms with Crippen LogP contribution in [0, 0.1) is 6.92 Å². The second-order valence-electron chi connectivity index (χ2n) is 8.98. The second kappa shape index (κ2) is 11.2. The van der Waals surface area contributed by atoms with E-state index in [0.29, 0.717) is 18.8 Å². The summed E-state index contributed by atoms with van der Waals surface area (Å²) in [5.41, 5.74) is 2.84. The van der Waals surface area contributed by atoms with Gasteiger partial charge < -0.3 is 25.2 Å². The normalized spacial score (nSPS) is 18.7. The average molecular weight is 480 g/mol. The third-order valence-electron chi connectivity index (χ3n) is 6.50. The molecule has 0 bridgehead atoms. The topological polar surface area (TPSA) is 94.2 Å². The molecule has 2 aromatic rings. The van der Waals surface area contributed by atoms with Gasteiger partial charge in [0.15, 0.2) is 0 Å². The number of carbonyl (C=O) groups excluding carboxylic acids is 3. The minimum absolute atomic E-state index is 0.0727. The van der Waals surface area contributed by atoms with Crippen LogP contribution in [0.2, 0.25) is 0 Å². The van der Waals surface area contributed by atoms with Crippen LogP contribution in [0.15, 0.2) is 48.5 Å². The molecule has 0 unspecified atom stereocenters. The van der Waals surface area contributed by atoms with Crippen LogP contribution < -0.4 is 20.3 Å². The van der Waals surface area contributed by atoms with Crippen molar-refractivity contribution < 1.29 is 19.1 Å². The number of amides is 3. The number of hydrogen-bond acceptors (Lipinski definition) is 6. The number of aryl methyl sites for hydroxylation is 1. The van der Waals surface area contributed by atoms with Gasteiger partial charge in [0.25, 0.3) is 0 Å². The Morgan fingerprint density at radius 3 is 2.49 bits per heavy atom. The van der Waals surface area contributed by atoms with Gasteiger partial charge in [-0.2, -0.15) is 0 Å². The molecule has 3 amide bonds. The molecule has 2 fully saturated rings. The van der Waals surface area contributed by atoms with Crippen molar-refractivity contribution in [3.63, 3.8) is 0 Å². The zero-order valence-electron chi connectivity index (χ0n) is 20.3. The Morgan fingerprint density at radius 2 is 1.80 bits per heavy atom. The van der Waals surface area contributed by atoms with E-state index < -0.39 is 6.04 Å². The van der Waals surface area contributed by atoms with E-state index in [1.54, 1.807) is 18.1 Å². The van der Waals surface area contributed by atoms with Crippen LogP contribution in [-0.2, 0) is 14.4 Å². The molecule has 1 atom stereocenters. The lowest BCUT2D eigenvalue weighted by Crippen LogP contribution is -2.60. The monoisotopic (exact) mass is 479 g/mol. The summed E-state index contributed by atoms with van der Waals surface area (Å²) in [6.45, 7) is 6.09. The van der Waals surface area contributed by atoms with Crippen LogP contribution in [0.3, 0.4) is 0 Å². The second-order valence-corrected chi connectivity index (χ2v) is 8.98. The molecule has 2 saturated heterocycles. The number of ether oxygens (including phenoxy) is 1. The van der Waals surface area contributed by atoms with Gasteiger partial charge in [-0.25, -0.2) is 0 Å². The van der Waals surface area contributed by atoms with Gasteiger partial charge in [-0.15, -0.1) is 0 Å². The SMILES string of the molecule is COc1ccc(N2CCN(CC(=O)N3CCNC(=O)[C@@H]3CC(=O)Nc3cccc(C)c3)CC2)cc1. The molecule has 4 rings (SSSR count). The summed E-state index contributed by atoms with van der Waals surface area (Å²) >= 11 is 0. The maximum Gasteiger partial charge on any atom is 0.243 e. The van der Waals surface area contributed by atoms with Gasteiger partial charge >= 0.3 is 0 Å². The fourth-order valence-electron chi connectivity index (χ4n) is 4.57. The number of methoxy groups -OCH3 is 1. The summed E-state index contributed by atoms with van der Waals surface area (Å²) < 4.78 is 5.23. The molecule has 186 valence electrons. The third kappa shape index (κ3) is 6.30. The first kappa shape index (κ1) is 24.5. The zero-order chi connectivity index (χ0) is 24.8. The van der Waals surface area contributed by atoms with Crippen LogP contribution in [0.4, 0.5) is 11.4 Å². The van der Waals surface area contributed by atoms with Gasteiger partial charge in [0, 0.05) is 50.6 Å². The van der Waals surface area contributed by atoms with Crippen molar-refractivity contribution in [3.8, 4) is 5.75 Å². The van der Waals surface area contributed by atoms with Crippen molar-refractivity contribution in [1.82, 2.24) is 15.1 Å². The molecule has 0 radical (unpaired) electrons. The molecule has 0 spiro atoms. The molecule has 2 aliphatic rings. The van der Waals surface area contributed by atoms with Gasteiger partial charge in [0.05, 0.1) is 20.1 Å². The van der Waals surface area contributed by atoms with Gasteiger partial charge in [-0.05, 0) is 48.9 Å². The van der Waals surface area contributed by atoms with E-state index in [0.717, 1.165) is 43.2 Å². The average Bonchev–Trinajstić information content (AvgIpc) is 2.86. The maximum atomic E-state index is 13.2. The lowest BCUT2D eigenvalue weighted by Gasteiger charge is -2.39. The molecule has 2 aromatic carbocycles. The highest BCUT2D eigenvalue weighted by atomic mass is 16.5. The van der Waals surface area contributed by atoms with E-state index in [9.17, 15) is 14.4 Å². The summed E-state index contributed by atoms with van der Waals surface area (Å²) in [5, 5.41) is 5.63. The Labute approximate surface area is 206 Å². The fraction of sp³-hybridized carbons (Fsp3) is 0.423. The van der Waals surface area contributed by atoms with Crippen LogP contribution in [0.25, 0.3) is 0 Å². The number of rotatable bonds is 7. The van der Waals surface area contributed by atoms with Gasteiger partial charge in [0.1, 0.15) is 11.8 Å². The molecule has 2 N–H and O–H groups in total. The Balaban J connectivity index is 1.31. The van der Waals surface area contributed by atoms with Crippen molar-refractivity contribution in [1.29, 1.82) is 0 Å². The Morgan fingerprint density at radius 1 is 1.06 bits per heavy atom. The van der Waals surface area contributed by atoms with E-state index >= 15 is 0 Å². The molecule has 35 heavy (non-hydrogen) atoms. The van der Waals surface area contributed by atoms with Gasteiger partial charge in [-0.3, -0.25) is 19.3 Å². The summed E-state index contributed by atoms with van der Waals surface area (Å²) in [5.74, 6) is 0.133. The van der Waals surface area contributed by atoms with Crippen LogP contribution in [0.1, 0.15) is 12.0 Å². The van der Waals surface area contributed by atoms with Crippen molar-refractivity contribution >= 4 is 29.1 Å². The van der Waals surface area contributed by atoms with E-state index in [4.69, 9.17) is 4.74 Å². The highest BCUT2D eigenvalue weighted by molar-refractivity contribution is 5.97. The quantitative estimate of drug-likeness (QED) is 0.625.